The molecule has 1 N–H and O–H groups in total. The number of fused-ring (bicyclic) bond motifs is 1. The molecule has 9 heteroatoms. The lowest BCUT2D eigenvalue weighted by Crippen LogP contribution is -2.29. The van der Waals surface area contributed by atoms with Gasteiger partial charge in [0.15, 0.2) is 5.13 Å². The molecule has 3 aromatic carbocycles. The van der Waals surface area contributed by atoms with Crippen molar-refractivity contribution in [2.45, 2.75) is 26.8 Å². The number of hydrogen-bond acceptors (Lipinski definition) is 8. The van der Waals surface area contributed by atoms with Crippen LogP contribution in [0.3, 0.4) is 0 Å². The third kappa shape index (κ3) is 5.05. The summed E-state index contributed by atoms with van der Waals surface area (Å²) in [6.07, 6.45) is 0. The molecule has 1 unspecified atom stereocenters. The summed E-state index contributed by atoms with van der Waals surface area (Å²) in [5.74, 6) is 0.185. The molecule has 1 aliphatic heterocycles. The van der Waals surface area contributed by atoms with E-state index in [1.165, 1.54) is 16.2 Å². The highest BCUT2D eigenvalue weighted by Crippen LogP contribution is 2.45. The van der Waals surface area contributed by atoms with E-state index >= 15 is 0 Å². The predicted molar refractivity (Wildman–Crippen MR) is 151 cm³/mol. The van der Waals surface area contributed by atoms with Gasteiger partial charge < -0.3 is 19.3 Å². The first-order chi connectivity index (χ1) is 18.9. The summed E-state index contributed by atoms with van der Waals surface area (Å²) >= 11 is 1.28. The summed E-state index contributed by atoms with van der Waals surface area (Å²) in [5, 5.41) is 11.7. The number of benzene rings is 3. The second kappa shape index (κ2) is 11.2. The Morgan fingerprint density at radius 1 is 0.846 bits per heavy atom. The van der Waals surface area contributed by atoms with Gasteiger partial charge in [-0.15, -0.1) is 0 Å². The number of aromatic nitrogens is 1. The number of rotatable bonds is 9. The Balaban J connectivity index is 1.64. The number of aliphatic hydroxyl groups is 1. The van der Waals surface area contributed by atoms with Crippen LogP contribution in [0.5, 0.6) is 17.2 Å². The maximum atomic E-state index is 13.5. The van der Waals surface area contributed by atoms with Crippen LogP contribution in [0.25, 0.3) is 16.0 Å². The van der Waals surface area contributed by atoms with E-state index in [4.69, 9.17) is 14.2 Å². The molecular weight excluding hydrogens is 516 g/mol. The molecule has 8 nitrogen and oxygen atoms in total. The zero-order chi connectivity index (χ0) is 27.5. The van der Waals surface area contributed by atoms with E-state index in [-0.39, 0.29) is 11.3 Å². The predicted octanol–water partition coefficient (Wildman–Crippen LogP) is 6.12. The Morgan fingerprint density at radius 2 is 1.41 bits per heavy atom. The molecule has 0 aliphatic carbocycles. The minimum atomic E-state index is -0.890. The highest BCUT2D eigenvalue weighted by molar-refractivity contribution is 7.22. The van der Waals surface area contributed by atoms with Gasteiger partial charge in [-0.2, -0.15) is 0 Å². The van der Waals surface area contributed by atoms with E-state index in [1.54, 1.807) is 48.5 Å². The molecule has 1 aliphatic rings. The first-order valence-electron chi connectivity index (χ1n) is 12.8. The number of aliphatic hydroxyl groups excluding tert-OH is 1. The number of thiazole rings is 1. The fourth-order valence-electron chi connectivity index (χ4n) is 4.54. The molecule has 0 saturated carbocycles. The molecule has 1 atom stereocenters. The van der Waals surface area contributed by atoms with Crippen molar-refractivity contribution in [1.29, 1.82) is 0 Å². The van der Waals surface area contributed by atoms with E-state index in [9.17, 15) is 14.7 Å². The molecule has 1 aromatic heterocycles. The lowest BCUT2D eigenvalue weighted by molar-refractivity contribution is -0.132. The number of carbonyl (C=O) groups is 2. The fraction of sp³-hybridized carbons (Fsp3) is 0.233. The zero-order valence-electron chi connectivity index (χ0n) is 21.8. The van der Waals surface area contributed by atoms with Crippen molar-refractivity contribution in [2.75, 3.05) is 24.7 Å². The van der Waals surface area contributed by atoms with Crippen LogP contribution in [-0.4, -0.2) is 41.6 Å². The van der Waals surface area contributed by atoms with Gasteiger partial charge in [-0.05, 0) is 80.9 Å². The van der Waals surface area contributed by atoms with Crippen LogP contribution in [-0.2, 0) is 9.59 Å². The second-order valence-electron chi connectivity index (χ2n) is 8.69. The van der Waals surface area contributed by atoms with Crippen molar-refractivity contribution >= 4 is 44.1 Å². The lowest BCUT2D eigenvalue weighted by Gasteiger charge is -2.23. The summed E-state index contributed by atoms with van der Waals surface area (Å²) in [5.41, 5.74) is 1.71. The van der Waals surface area contributed by atoms with Gasteiger partial charge in [0.2, 0.25) is 0 Å². The number of ketones is 1. The minimum Gasteiger partial charge on any atom is -0.507 e. The van der Waals surface area contributed by atoms with Crippen LogP contribution >= 0.6 is 11.3 Å². The number of carbonyl (C=O) groups excluding carboxylic acids is 2. The molecule has 5 rings (SSSR count). The Bertz CT molecular complexity index is 1540. The SMILES string of the molecule is CCOc1ccc(C(O)=C2C(=O)C(=O)N(c3nc4ccc(OCC)cc4s3)C2c2ccc(OCC)cc2)cc1. The molecule has 39 heavy (non-hydrogen) atoms. The normalized spacial score (nSPS) is 16.6. The summed E-state index contributed by atoms with van der Waals surface area (Å²) in [6, 6.07) is 18.5. The number of Topliss-reactive ketones (excluding diaryl/α,β-unsaturated/α-hetero) is 1. The summed E-state index contributed by atoms with van der Waals surface area (Å²) in [6.45, 7) is 7.21. The smallest absolute Gasteiger partial charge is 0.301 e. The maximum absolute atomic E-state index is 13.5. The quantitative estimate of drug-likeness (QED) is 0.154. The van der Waals surface area contributed by atoms with E-state index < -0.39 is 17.7 Å². The Kier molecular flexibility index (Phi) is 7.51. The third-order valence-electron chi connectivity index (χ3n) is 6.26. The molecule has 4 aromatic rings. The molecule has 0 radical (unpaired) electrons. The Labute approximate surface area is 230 Å². The van der Waals surface area contributed by atoms with Crippen LogP contribution < -0.4 is 19.1 Å². The van der Waals surface area contributed by atoms with Crippen molar-refractivity contribution in [3.8, 4) is 17.2 Å². The highest BCUT2D eigenvalue weighted by atomic mass is 32.1. The molecule has 0 bridgehead atoms. The minimum absolute atomic E-state index is 0.0115. The Morgan fingerprint density at radius 3 is 2.03 bits per heavy atom. The van der Waals surface area contributed by atoms with Crippen LogP contribution in [0.1, 0.15) is 37.9 Å². The third-order valence-corrected chi connectivity index (χ3v) is 7.27. The van der Waals surface area contributed by atoms with Gasteiger partial charge in [-0.1, -0.05) is 23.5 Å². The first kappa shape index (κ1) is 26.2. The molecule has 1 saturated heterocycles. The molecule has 0 spiro atoms. The van der Waals surface area contributed by atoms with Crippen LogP contribution in [0.4, 0.5) is 5.13 Å². The highest BCUT2D eigenvalue weighted by Gasteiger charge is 2.48. The lowest BCUT2D eigenvalue weighted by atomic mass is 9.95. The molecule has 1 fully saturated rings. The van der Waals surface area contributed by atoms with Crippen molar-refractivity contribution in [1.82, 2.24) is 4.98 Å². The van der Waals surface area contributed by atoms with Gasteiger partial charge in [0.25, 0.3) is 5.78 Å². The fourth-order valence-corrected chi connectivity index (χ4v) is 5.56. The van der Waals surface area contributed by atoms with Gasteiger partial charge >= 0.3 is 5.91 Å². The monoisotopic (exact) mass is 544 g/mol. The number of anilines is 1. The van der Waals surface area contributed by atoms with Gasteiger partial charge in [-0.25, -0.2) is 4.98 Å². The van der Waals surface area contributed by atoms with Gasteiger partial charge in [0.1, 0.15) is 23.0 Å². The first-order valence-corrected chi connectivity index (χ1v) is 13.6. The molecular formula is C30H28N2O6S. The molecule has 200 valence electrons. The van der Waals surface area contributed by atoms with Gasteiger partial charge in [0, 0.05) is 5.56 Å². The number of nitrogens with zero attached hydrogens (tertiary/aromatic N) is 2. The second-order valence-corrected chi connectivity index (χ2v) is 9.70. The molecule has 1 amide bonds. The van der Waals surface area contributed by atoms with Crippen LogP contribution in [0.2, 0.25) is 0 Å². The van der Waals surface area contributed by atoms with Gasteiger partial charge in [-0.3, -0.25) is 14.5 Å². The van der Waals surface area contributed by atoms with E-state index in [2.05, 4.69) is 4.98 Å². The maximum Gasteiger partial charge on any atom is 0.301 e. The topological polar surface area (TPSA) is 98.2 Å². The standard InChI is InChI=1S/C30H28N2O6S/c1-4-36-20-11-7-18(8-12-20)26-25(27(33)19-9-13-21(14-10-19)37-5-2)28(34)29(35)32(26)30-31-23-16-15-22(38-6-3)17-24(23)39-30/h7-17,26,33H,4-6H2,1-3H3. The van der Waals surface area contributed by atoms with E-state index in [0.29, 0.717) is 58.8 Å². The van der Waals surface area contributed by atoms with Gasteiger partial charge in [0.05, 0.1) is 41.7 Å². The number of amides is 1. The van der Waals surface area contributed by atoms with Crippen LogP contribution in [0.15, 0.2) is 72.3 Å². The number of ether oxygens (including phenoxy) is 3. The van der Waals surface area contributed by atoms with Crippen molar-refractivity contribution in [2.24, 2.45) is 0 Å². The summed E-state index contributed by atoms with van der Waals surface area (Å²) < 4.78 is 17.5. The Hall–Kier alpha value is -4.37. The van der Waals surface area contributed by atoms with E-state index in [0.717, 1.165) is 4.70 Å². The van der Waals surface area contributed by atoms with E-state index in [1.807, 2.05) is 39.0 Å². The van der Waals surface area contributed by atoms with Crippen molar-refractivity contribution < 1.29 is 28.9 Å². The number of hydrogen-bond donors (Lipinski definition) is 1. The largest absolute Gasteiger partial charge is 0.507 e. The van der Waals surface area contributed by atoms with Crippen LogP contribution in [0, 0.1) is 0 Å². The summed E-state index contributed by atoms with van der Waals surface area (Å²) in [4.78, 5) is 33.0. The van der Waals surface area contributed by atoms with Crippen molar-refractivity contribution in [3.05, 3.63) is 83.4 Å². The average molecular weight is 545 g/mol. The zero-order valence-corrected chi connectivity index (χ0v) is 22.7. The average Bonchev–Trinajstić information content (AvgIpc) is 3.47. The summed E-state index contributed by atoms with van der Waals surface area (Å²) in [7, 11) is 0. The van der Waals surface area contributed by atoms with Crippen molar-refractivity contribution in [3.63, 3.8) is 0 Å². The molecule has 2 heterocycles.